The van der Waals surface area contributed by atoms with Crippen LogP contribution in [0.15, 0.2) is 29.2 Å². The molecule has 2 rings (SSSR count). The third-order valence-electron chi connectivity index (χ3n) is 4.38. The zero-order valence-electron chi connectivity index (χ0n) is 17.2. The van der Waals surface area contributed by atoms with E-state index < -0.39 is 21.8 Å². The molecular formula is C20H24N2O6S2. The minimum absolute atomic E-state index is 0.000548. The molecule has 0 aliphatic carbocycles. The van der Waals surface area contributed by atoms with Gasteiger partial charge in [0.05, 0.1) is 29.2 Å². The van der Waals surface area contributed by atoms with E-state index in [-0.39, 0.29) is 35.1 Å². The SMILES string of the molecule is CCOC(=O)NC(=O)c1c(NC(=O)Cc2ccc(S(=O)(=O)CC)cc2)sc(C)c1C. The normalized spacial score (nSPS) is 11.1. The van der Waals surface area contributed by atoms with Gasteiger partial charge in [0.15, 0.2) is 9.84 Å². The van der Waals surface area contributed by atoms with Crippen molar-refractivity contribution in [2.75, 3.05) is 17.7 Å². The van der Waals surface area contributed by atoms with Crippen molar-refractivity contribution in [1.82, 2.24) is 5.32 Å². The van der Waals surface area contributed by atoms with Gasteiger partial charge in [-0.2, -0.15) is 0 Å². The van der Waals surface area contributed by atoms with Crippen LogP contribution in [0.5, 0.6) is 0 Å². The van der Waals surface area contributed by atoms with Crippen molar-refractivity contribution in [1.29, 1.82) is 0 Å². The molecule has 1 heterocycles. The largest absolute Gasteiger partial charge is 0.450 e. The maximum absolute atomic E-state index is 12.5. The first-order valence-electron chi connectivity index (χ1n) is 9.28. The number of alkyl carbamates (subject to hydrolysis) is 1. The van der Waals surface area contributed by atoms with Gasteiger partial charge in [-0.05, 0) is 44.0 Å². The van der Waals surface area contributed by atoms with Gasteiger partial charge >= 0.3 is 6.09 Å². The number of thiophene rings is 1. The first-order valence-corrected chi connectivity index (χ1v) is 11.8. The molecule has 10 heteroatoms. The molecule has 0 spiro atoms. The standard InChI is InChI=1S/C20H24N2O6S2/c1-5-28-20(25)22-18(24)17-12(3)13(4)29-19(17)21-16(23)11-14-7-9-15(10-8-14)30(26,27)6-2/h7-10H,5-6,11H2,1-4H3,(H,21,23)(H,22,24,25). The second-order valence-corrected chi connectivity index (χ2v) is 9.94. The molecule has 1 aromatic heterocycles. The van der Waals surface area contributed by atoms with Gasteiger partial charge in [0.1, 0.15) is 5.00 Å². The molecule has 0 saturated heterocycles. The quantitative estimate of drug-likeness (QED) is 0.666. The van der Waals surface area contributed by atoms with Crippen LogP contribution in [-0.4, -0.2) is 38.7 Å². The zero-order chi connectivity index (χ0) is 22.5. The number of ether oxygens (including phenoxy) is 1. The molecular weight excluding hydrogens is 428 g/mol. The van der Waals surface area contributed by atoms with Crippen molar-refractivity contribution in [2.45, 2.75) is 39.0 Å². The molecule has 0 atom stereocenters. The minimum atomic E-state index is -3.30. The zero-order valence-corrected chi connectivity index (χ0v) is 18.8. The van der Waals surface area contributed by atoms with Crippen LogP contribution in [0, 0.1) is 13.8 Å². The van der Waals surface area contributed by atoms with Crippen LogP contribution in [0.2, 0.25) is 0 Å². The molecule has 2 N–H and O–H groups in total. The second kappa shape index (κ2) is 9.86. The van der Waals surface area contributed by atoms with Crippen molar-refractivity contribution in [2.24, 2.45) is 0 Å². The lowest BCUT2D eigenvalue weighted by molar-refractivity contribution is -0.115. The van der Waals surface area contributed by atoms with Gasteiger partial charge in [-0.25, -0.2) is 13.2 Å². The summed E-state index contributed by atoms with van der Waals surface area (Å²) in [5, 5.41) is 5.19. The lowest BCUT2D eigenvalue weighted by atomic mass is 10.1. The van der Waals surface area contributed by atoms with E-state index in [1.807, 2.05) is 6.92 Å². The van der Waals surface area contributed by atoms with Crippen molar-refractivity contribution in [3.63, 3.8) is 0 Å². The summed E-state index contributed by atoms with van der Waals surface area (Å²) in [7, 11) is -3.30. The number of hydrogen-bond donors (Lipinski definition) is 2. The molecule has 0 unspecified atom stereocenters. The number of benzene rings is 1. The minimum Gasteiger partial charge on any atom is -0.450 e. The number of carbonyl (C=O) groups excluding carboxylic acids is 3. The summed E-state index contributed by atoms with van der Waals surface area (Å²) in [6, 6.07) is 6.11. The molecule has 8 nitrogen and oxygen atoms in total. The van der Waals surface area contributed by atoms with E-state index in [2.05, 4.69) is 10.6 Å². The summed E-state index contributed by atoms with van der Waals surface area (Å²) in [6.07, 6.45) is -0.855. The number of sulfone groups is 1. The van der Waals surface area contributed by atoms with E-state index in [1.165, 1.54) is 23.5 Å². The first kappa shape index (κ1) is 23.6. The third kappa shape index (κ3) is 5.67. The number of rotatable bonds is 7. The highest BCUT2D eigenvalue weighted by Gasteiger charge is 2.23. The van der Waals surface area contributed by atoms with Crippen molar-refractivity contribution < 1.29 is 27.5 Å². The average molecular weight is 453 g/mol. The Morgan fingerprint density at radius 3 is 2.27 bits per heavy atom. The van der Waals surface area contributed by atoms with Gasteiger partial charge in [-0.3, -0.25) is 14.9 Å². The van der Waals surface area contributed by atoms with Gasteiger partial charge in [0, 0.05) is 4.88 Å². The number of carbonyl (C=O) groups is 3. The van der Waals surface area contributed by atoms with Crippen LogP contribution in [-0.2, 0) is 25.8 Å². The highest BCUT2D eigenvalue weighted by atomic mass is 32.2. The molecule has 0 bridgehead atoms. The van der Waals surface area contributed by atoms with Crippen molar-refractivity contribution >= 4 is 44.1 Å². The summed E-state index contributed by atoms with van der Waals surface area (Å²) < 4.78 is 28.5. The molecule has 3 amide bonds. The molecule has 2 aromatic rings. The fraction of sp³-hybridized carbons (Fsp3) is 0.350. The summed E-state index contributed by atoms with van der Waals surface area (Å²) in [5.41, 5.74) is 1.50. The average Bonchev–Trinajstić information content (AvgIpc) is 2.95. The van der Waals surface area contributed by atoms with E-state index in [4.69, 9.17) is 4.74 Å². The van der Waals surface area contributed by atoms with Gasteiger partial charge in [-0.15, -0.1) is 11.3 Å². The Labute approximate surface area is 179 Å². The van der Waals surface area contributed by atoms with E-state index >= 15 is 0 Å². The van der Waals surface area contributed by atoms with Crippen molar-refractivity contribution in [3.05, 3.63) is 45.8 Å². The van der Waals surface area contributed by atoms with Gasteiger partial charge in [0.2, 0.25) is 5.91 Å². The first-order chi connectivity index (χ1) is 14.1. The lowest BCUT2D eigenvalue weighted by Gasteiger charge is -2.09. The van der Waals surface area contributed by atoms with E-state index in [1.54, 1.807) is 32.9 Å². The Bertz CT molecular complexity index is 1060. The van der Waals surface area contributed by atoms with Crippen LogP contribution < -0.4 is 10.6 Å². The van der Waals surface area contributed by atoms with Crippen LogP contribution in [0.4, 0.5) is 9.80 Å². The fourth-order valence-corrected chi connectivity index (χ4v) is 4.61. The molecule has 0 saturated carbocycles. The van der Waals surface area contributed by atoms with Crippen LogP contribution in [0.3, 0.4) is 0 Å². The Morgan fingerprint density at radius 1 is 1.07 bits per heavy atom. The predicted molar refractivity (Wildman–Crippen MR) is 115 cm³/mol. The maximum Gasteiger partial charge on any atom is 0.414 e. The Morgan fingerprint density at radius 2 is 1.70 bits per heavy atom. The molecule has 0 aliphatic rings. The summed E-state index contributed by atoms with van der Waals surface area (Å²) in [6.45, 7) is 6.86. The number of imide groups is 1. The molecule has 1 aromatic carbocycles. The van der Waals surface area contributed by atoms with E-state index in [0.717, 1.165) is 4.88 Å². The monoisotopic (exact) mass is 452 g/mol. The van der Waals surface area contributed by atoms with Crippen molar-refractivity contribution in [3.8, 4) is 0 Å². The van der Waals surface area contributed by atoms with Gasteiger partial charge < -0.3 is 10.1 Å². The van der Waals surface area contributed by atoms with Gasteiger partial charge in [0.25, 0.3) is 5.91 Å². The van der Waals surface area contributed by atoms with Crippen LogP contribution in [0.1, 0.15) is 40.2 Å². The van der Waals surface area contributed by atoms with Crippen LogP contribution in [0.25, 0.3) is 0 Å². The highest BCUT2D eigenvalue weighted by Crippen LogP contribution is 2.32. The Kier molecular flexibility index (Phi) is 7.74. The van der Waals surface area contributed by atoms with E-state index in [9.17, 15) is 22.8 Å². The Hall–Kier alpha value is -2.72. The number of anilines is 1. The molecule has 30 heavy (non-hydrogen) atoms. The second-order valence-electron chi connectivity index (χ2n) is 6.43. The fourth-order valence-electron chi connectivity index (χ4n) is 2.65. The maximum atomic E-state index is 12.5. The number of amides is 3. The summed E-state index contributed by atoms with van der Waals surface area (Å²) in [5.74, 6) is -1.02. The third-order valence-corrected chi connectivity index (χ3v) is 7.26. The van der Waals surface area contributed by atoms with Crippen LogP contribution >= 0.6 is 11.3 Å². The van der Waals surface area contributed by atoms with E-state index in [0.29, 0.717) is 16.1 Å². The highest BCUT2D eigenvalue weighted by molar-refractivity contribution is 7.91. The lowest BCUT2D eigenvalue weighted by Crippen LogP contribution is -2.32. The summed E-state index contributed by atoms with van der Waals surface area (Å²) >= 11 is 1.23. The van der Waals surface area contributed by atoms with Gasteiger partial charge in [-0.1, -0.05) is 19.1 Å². The topological polar surface area (TPSA) is 119 Å². The molecule has 162 valence electrons. The smallest absolute Gasteiger partial charge is 0.414 e. The molecule has 0 fully saturated rings. The summed E-state index contributed by atoms with van der Waals surface area (Å²) in [4.78, 5) is 37.6. The number of hydrogen-bond acceptors (Lipinski definition) is 7. The predicted octanol–water partition coefficient (Wildman–Crippen LogP) is 3.23. The number of aryl methyl sites for hydroxylation is 1. The molecule has 0 radical (unpaired) electrons. The molecule has 0 aliphatic heterocycles. The Balaban J connectivity index is 2.14. The number of nitrogens with one attached hydrogen (secondary N) is 2.